The first kappa shape index (κ1) is 15.6. The van der Waals surface area contributed by atoms with Crippen LogP contribution in [-0.4, -0.2) is 22.1 Å². The number of H-pyrrole nitrogens is 1. The van der Waals surface area contributed by atoms with Crippen LogP contribution in [0.5, 0.6) is 0 Å². The van der Waals surface area contributed by atoms with E-state index in [-0.39, 0.29) is 23.6 Å². The van der Waals surface area contributed by atoms with Gasteiger partial charge >= 0.3 is 0 Å². The fraction of sp³-hybridized carbons (Fsp3) is 0.467. The number of amides is 1. The first-order chi connectivity index (χ1) is 9.88. The Hall–Kier alpha value is -1.82. The second-order valence-electron chi connectivity index (χ2n) is 5.65. The molecule has 0 aliphatic heterocycles. The number of rotatable bonds is 5. The maximum absolute atomic E-state index is 12.2. The molecule has 0 aliphatic rings. The Morgan fingerprint density at radius 1 is 1.43 bits per heavy atom. The summed E-state index contributed by atoms with van der Waals surface area (Å²) in [6.45, 7) is 8.08. The first-order valence-electron chi connectivity index (χ1n) is 7.08. The molecule has 0 aromatic carbocycles. The van der Waals surface area contributed by atoms with Crippen LogP contribution in [0.25, 0.3) is 0 Å². The summed E-state index contributed by atoms with van der Waals surface area (Å²) in [6, 6.07) is 4.23. The van der Waals surface area contributed by atoms with Crippen LogP contribution in [0.3, 0.4) is 0 Å². The minimum Gasteiger partial charge on any atom is -0.395 e. The van der Waals surface area contributed by atoms with Crippen molar-refractivity contribution in [2.45, 2.75) is 46.1 Å². The van der Waals surface area contributed by atoms with Gasteiger partial charge in [0.15, 0.2) is 5.69 Å². The number of hydrogen-bond donors (Lipinski definition) is 3. The van der Waals surface area contributed by atoms with Crippen LogP contribution in [0.1, 0.15) is 52.6 Å². The lowest BCUT2D eigenvalue weighted by Gasteiger charge is -2.12. The second-order valence-corrected chi connectivity index (χ2v) is 7.02. The molecule has 6 heteroatoms. The van der Waals surface area contributed by atoms with Crippen LogP contribution in [-0.2, 0) is 6.42 Å². The summed E-state index contributed by atoms with van der Waals surface area (Å²) in [7, 11) is 0. The van der Waals surface area contributed by atoms with Crippen molar-refractivity contribution in [3.63, 3.8) is 0 Å². The molecule has 21 heavy (non-hydrogen) atoms. The first-order valence-corrected chi connectivity index (χ1v) is 7.90. The van der Waals surface area contributed by atoms with Gasteiger partial charge in [0, 0.05) is 22.2 Å². The molecule has 2 heterocycles. The average Bonchev–Trinajstić information content (AvgIpc) is 2.95. The van der Waals surface area contributed by atoms with Crippen LogP contribution < -0.4 is 11.1 Å². The second kappa shape index (κ2) is 6.30. The van der Waals surface area contributed by atoms with Gasteiger partial charge in [0.1, 0.15) is 0 Å². The lowest BCUT2D eigenvalue weighted by Crippen LogP contribution is -2.34. The van der Waals surface area contributed by atoms with Crippen LogP contribution >= 0.6 is 11.3 Å². The van der Waals surface area contributed by atoms with E-state index in [1.54, 1.807) is 11.3 Å². The number of nitrogens with zero attached hydrogens (tertiary/aromatic N) is 1. The molecular weight excluding hydrogens is 284 g/mol. The maximum Gasteiger partial charge on any atom is 0.274 e. The van der Waals surface area contributed by atoms with E-state index in [2.05, 4.69) is 34.6 Å². The molecule has 1 amide bonds. The van der Waals surface area contributed by atoms with Crippen molar-refractivity contribution in [1.29, 1.82) is 0 Å². The van der Waals surface area contributed by atoms with Gasteiger partial charge in [-0.25, -0.2) is 0 Å². The van der Waals surface area contributed by atoms with Gasteiger partial charge in [-0.1, -0.05) is 13.8 Å². The van der Waals surface area contributed by atoms with Crippen molar-refractivity contribution >= 4 is 22.9 Å². The largest absolute Gasteiger partial charge is 0.395 e. The fourth-order valence-electron chi connectivity index (χ4n) is 2.22. The highest BCUT2D eigenvalue weighted by molar-refractivity contribution is 7.11. The molecule has 0 aliphatic carbocycles. The molecule has 2 rings (SSSR count). The Labute approximate surface area is 128 Å². The quantitative estimate of drug-likeness (QED) is 0.794. The van der Waals surface area contributed by atoms with E-state index in [1.807, 2.05) is 20.8 Å². The van der Waals surface area contributed by atoms with Gasteiger partial charge in [0.25, 0.3) is 5.91 Å². The lowest BCUT2D eigenvalue weighted by atomic mass is 10.1. The molecule has 5 nitrogen and oxygen atoms in total. The lowest BCUT2D eigenvalue weighted by molar-refractivity contribution is 0.0936. The highest BCUT2D eigenvalue weighted by atomic mass is 32.1. The van der Waals surface area contributed by atoms with Crippen LogP contribution in [0, 0.1) is 6.92 Å². The number of nitrogen functional groups attached to an aromatic ring is 1. The van der Waals surface area contributed by atoms with Gasteiger partial charge in [-0.15, -0.1) is 11.3 Å². The smallest absolute Gasteiger partial charge is 0.274 e. The number of aromatic amines is 1. The van der Waals surface area contributed by atoms with E-state index >= 15 is 0 Å². The third kappa shape index (κ3) is 3.64. The molecule has 0 saturated heterocycles. The van der Waals surface area contributed by atoms with Crippen molar-refractivity contribution in [1.82, 2.24) is 15.5 Å². The third-order valence-electron chi connectivity index (χ3n) is 3.31. The van der Waals surface area contributed by atoms with Gasteiger partial charge in [0.05, 0.1) is 11.4 Å². The van der Waals surface area contributed by atoms with E-state index in [0.717, 1.165) is 12.1 Å². The summed E-state index contributed by atoms with van der Waals surface area (Å²) in [5, 5.41) is 9.84. The van der Waals surface area contributed by atoms with Crippen molar-refractivity contribution < 1.29 is 4.79 Å². The number of hydrogen-bond acceptors (Lipinski definition) is 4. The Bertz CT molecular complexity index is 629. The van der Waals surface area contributed by atoms with Gasteiger partial charge in [-0.3, -0.25) is 9.89 Å². The minimum atomic E-state index is -0.226. The van der Waals surface area contributed by atoms with E-state index in [1.165, 1.54) is 9.75 Å². The zero-order valence-electron chi connectivity index (χ0n) is 12.9. The number of thiophene rings is 1. The summed E-state index contributed by atoms with van der Waals surface area (Å²) in [5.41, 5.74) is 7.52. The number of anilines is 1. The molecule has 0 radical (unpaired) electrons. The molecule has 0 bridgehead atoms. The predicted octanol–water partition coefficient (Wildman–Crippen LogP) is 2.85. The van der Waals surface area contributed by atoms with Crippen LogP contribution in [0.15, 0.2) is 12.1 Å². The summed E-state index contributed by atoms with van der Waals surface area (Å²) in [6.07, 6.45) is 0.811. The van der Waals surface area contributed by atoms with E-state index in [4.69, 9.17) is 5.73 Å². The fourth-order valence-corrected chi connectivity index (χ4v) is 3.24. The molecular formula is C15H22N4OS. The molecule has 2 aromatic heterocycles. The predicted molar refractivity (Wildman–Crippen MR) is 86.8 cm³/mol. The zero-order valence-corrected chi connectivity index (χ0v) is 13.7. The standard InChI is InChI=1S/C15H22N4OS/c1-8(2)13-12(16)14(19-18-13)15(20)17-9(3)7-11-6-5-10(4)21-11/h5-6,8-9H,7,16H2,1-4H3,(H,17,20)(H,18,19). The molecule has 1 atom stereocenters. The van der Waals surface area contributed by atoms with E-state index in [9.17, 15) is 4.79 Å². The van der Waals surface area contributed by atoms with Crippen molar-refractivity contribution in [3.8, 4) is 0 Å². The monoisotopic (exact) mass is 306 g/mol. The Kier molecular flexibility index (Phi) is 4.67. The Morgan fingerprint density at radius 3 is 2.67 bits per heavy atom. The molecule has 2 aromatic rings. The highest BCUT2D eigenvalue weighted by Gasteiger charge is 2.20. The molecule has 114 valence electrons. The topological polar surface area (TPSA) is 83.8 Å². The Morgan fingerprint density at radius 2 is 2.14 bits per heavy atom. The van der Waals surface area contributed by atoms with Crippen molar-refractivity contribution in [2.24, 2.45) is 0 Å². The molecule has 1 unspecified atom stereocenters. The van der Waals surface area contributed by atoms with Crippen LogP contribution in [0.4, 0.5) is 5.69 Å². The summed E-state index contributed by atoms with van der Waals surface area (Å²) < 4.78 is 0. The summed E-state index contributed by atoms with van der Waals surface area (Å²) in [5.74, 6) is -0.0120. The minimum absolute atomic E-state index is 0.0362. The van der Waals surface area contributed by atoms with Crippen LogP contribution in [0.2, 0.25) is 0 Å². The van der Waals surface area contributed by atoms with Crippen molar-refractivity contribution in [2.75, 3.05) is 5.73 Å². The van der Waals surface area contributed by atoms with E-state index < -0.39 is 0 Å². The van der Waals surface area contributed by atoms with Gasteiger partial charge in [0.2, 0.25) is 0 Å². The van der Waals surface area contributed by atoms with E-state index in [0.29, 0.717) is 5.69 Å². The molecule has 0 saturated carbocycles. The number of carbonyl (C=O) groups excluding carboxylic acids is 1. The van der Waals surface area contributed by atoms with Gasteiger partial charge < -0.3 is 11.1 Å². The maximum atomic E-state index is 12.2. The number of nitrogens with two attached hydrogens (primary N) is 1. The molecule has 4 N–H and O–H groups in total. The third-order valence-corrected chi connectivity index (χ3v) is 4.33. The van der Waals surface area contributed by atoms with Gasteiger partial charge in [-0.05, 0) is 31.9 Å². The Balaban J connectivity index is 2.01. The molecule has 0 fully saturated rings. The van der Waals surface area contributed by atoms with Crippen molar-refractivity contribution in [3.05, 3.63) is 33.3 Å². The zero-order chi connectivity index (χ0) is 15.6. The SMILES string of the molecule is Cc1ccc(CC(C)NC(=O)c2n[nH]c(C(C)C)c2N)s1. The highest BCUT2D eigenvalue weighted by Crippen LogP contribution is 2.22. The van der Waals surface area contributed by atoms with Gasteiger partial charge in [-0.2, -0.15) is 5.10 Å². The normalized spacial score (nSPS) is 12.6. The number of nitrogens with one attached hydrogen (secondary N) is 2. The number of aromatic nitrogens is 2. The summed E-state index contributed by atoms with van der Waals surface area (Å²) in [4.78, 5) is 14.8. The number of aryl methyl sites for hydroxylation is 1. The average molecular weight is 306 g/mol. The molecule has 0 spiro atoms. The summed E-state index contributed by atoms with van der Waals surface area (Å²) >= 11 is 1.75. The number of carbonyl (C=O) groups is 1.